The second-order valence-electron chi connectivity index (χ2n) is 9.13. The summed E-state index contributed by atoms with van der Waals surface area (Å²) >= 11 is 0. The molecule has 0 aliphatic carbocycles. The van der Waals surface area contributed by atoms with Gasteiger partial charge in [0.25, 0.3) is 5.91 Å². The molecule has 0 bridgehead atoms. The number of amides is 1. The molecule has 0 fully saturated rings. The summed E-state index contributed by atoms with van der Waals surface area (Å²) in [5.41, 5.74) is 6.96. The summed E-state index contributed by atoms with van der Waals surface area (Å²) < 4.78 is 30.4. The van der Waals surface area contributed by atoms with Crippen LogP contribution in [-0.4, -0.2) is 34.4 Å². The molecule has 4 aromatic rings. The summed E-state index contributed by atoms with van der Waals surface area (Å²) in [6.45, 7) is 0.796. The number of aryl methyl sites for hydroxylation is 2. The number of alkyl halides is 2. The van der Waals surface area contributed by atoms with E-state index in [9.17, 15) is 28.6 Å². The molecule has 10 heteroatoms. The third-order valence-electron chi connectivity index (χ3n) is 6.59. The Hall–Kier alpha value is -5.25. The largest absolute Gasteiger partial charge is 0.505 e. The van der Waals surface area contributed by atoms with Crippen LogP contribution in [0.5, 0.6) is 11.5 Å². The van der Waals surface area contributed by atoms with Crippen LogP contribution in [0.2, 0.25) is 0 Å². The number of hydrogen-bond acceptors (Lipinski definition) is 6. The fraction of sp³-hybridized carbons (Fsp3) is 0.100. The summed E-state index contributed by atoms with van der Waals surface area (Å²) in [7, 11) is 0. The number of carboxylic acid groups (broad SMARTS) is 1. The standard InChI is InChI=1S/C30H23F2N3O5/c1-16-9-10-20(13-17(16)2)35-25-15-21(40-30(31)32)11-12-23(25)26(28(35)37)34-33-24-8-4-7-22(27(24)36)18-5-3-6-19(14-18)29(38)39/h3-15,30,33,36H,1-2H3,(H,38,39)/b34-26-. The number of hydrazone groups is 1. The van der Waals surface area contributed by atoms with Gasteiger partial charge >= 0.3 is 12.6 Å². The summed E-state index contributed by atoms with van der Waals surface area (Å²) in [5, 5.41) is 24.6. The van der Waals surface area contributed by atoms with E-state index in [0.29, 0.717) is 28.1 Å². The number of fused-ring (bicyclic) bond motifs is 1. The molecule has 0 atom stereocenters. The number of carboxylic acids is 1. The van der Waals surface area contributed by atoms with Gasteiger partial charge in [-0.05, 0) is 73.0 Å². The van der Waals surface area contributed by atoms with Crippen LogP contribution in [0.1, 0.15) is 27.0 Å². The van der Waals surface area contributed by atoms with Crippen molar-refractivity contribution in [3.05, 3.63) is 101 Å². The van der Waals surface area contributed by atoms with Gasteiger partial charge in [0.05, 0.1) is 16.9 Å². The number of aromatic hydroxyl groups is 1. The van der Waals surface area contributed by atoms with Crippen LogP contribution in [-0.2, 0) is 4.79 Å². The van der Waals surface area contributed by atoms with E-state index in [4.69, 9.17) is 0 Å². The average Bonchev–Trinajstić information content (AvgIpc) is 3.19. The van der Waals surface area contributed by atoms with Gasteiger partial charge in [-0.3, -0.25) is 15.1 Å². The zero-order chi connectivity index (χ0) is 28.6. The first kappa shape index (κ1) is 26.4. The fourth-order valence-corrected chi connectivity index (χ4v) is 4.44. The van der Waals surface area contributed by atoms with Crippen molar-refractivity contribution >= 4 is 34.7 Å². The number of benzene rings is 4. The monoisotopic (exact) mass is 543 g/mol. The minimum Gasteiger partial charge on any atom is -0.505 e. The molecule has 0 saturated carbocycles. The predicted octanol–water partition coefficient (Wildman–Crippen LogP) is 6.47. The molecule has 0 saturated heterocycles. The third kappa shape index (κ3) is 4.94. The Morgan fingerprint density at radius 1 is 0.950 bits per heavy atom. The van der Waals surface area contributed by atoms with Crippen LogP contribution >= 0.6 is 0 Å². The lowest BCUT2D eigenvalue weighted by Crippen LogP contribution is -2.26. The Balaban J connectivity index is 1.54. The van der Waals surface area contributed by atoms with Crippen molar-refractivity contribution in [2.24, 2.45) is 5.10 Å². The fourth-order valence-electron chi connectivity index (χ4n) is 4.44. The molecule has 0 aromatic heterocycles. The lowest BCUT2D eigenvalue weighted by atomic mass is 10.0. The van der Waals surface area contributed by atoms with Gasteiger partial charge in [-0.1, -0.05) is 30.3 Å². The molecule has 0 spiro atoms. The summed E-state index contributed by atoms with van der Waals surface area (Å²) in [5.74, 6) is -1.93. The van der Waals surface area contributed by atoms with Gasteiger partial charge in [0, 0.05) is 22.9 Å². The zero-order valence-corrected chi connectivity index (χ0v) is 21.4. The minimum atomic E-state index is -3.04. The first-order chi connectivity index (χ1) is 19.1. The van der Waals surface area contributed by atoms with Gasteiger partial charge in [-0.25, -0.2) is 4.79 Å². The van der Waals surface area contributed by atoms with Gasteiger partial charge < -0.3 is 14.9 Å². The molecule has 202 valence electrons. The van der Waals surface area contributed by atoms with Gasteiger partial charge in [0.15, 0.2) is 5.71 Å². The van der Waals surface area contributed by atoms with Crippen LogP contribution in [0, 0.1) is 13.8 Å². The van der Waals surface area contributed by atoms with Crippen LogP contribution in [0.25, 0.3) is 11.1 Å². The Labute approximate surface area is 227 Å². The average molecular weight is 544 g/mol. The maximum absolute atomic E-state index is 13.6. The number of aromatic carboxylic acids is 1. The maximum Gasteiger partial charge on any atom is 0.387 e. The van der Waals surface area contributed by atoms with E-state index in [0.717, 1.165) is 11.1 Å². The first-order valence-corrected chi connectivity index (χ1v) is 12.1. The molecule has 40 heavy (non-hydrogen) atoms. The Morgan fingerprint density at radius 2 is 1.73 bits per heavy atom. The van der Waals surface area contributed by atoms with Crippen molar-refractivity contribution in [1.82, 2.24) is 0 Å². The van der Waals surface area contributed by atoms with Crippen LogP contribution in [0.15, 0.2) is 84.0 Å². The van der Waals surface area contributed by atoms with Gasteiger partial charge in [0.2, 0.25) is 0 Å². The van der Waals surface area contributed by atoms with E-state index in [-0.39, 0.29) is 28.5 Å². The molecular weight excluding hydrogens is 520 g/mol. The number of anilines is 3. The van der Waals surface area contributed by atoms with Crippen LogP contribution in [0.3, 0.4) is 0 Å². The van der Waals surface area contributed by atoms with Crippen LogP contribution in [0.4, 0.5) is 25.8 Å². The Bertz CT molecular complexity index is 1690. The summed E-state index contributed by atoms with van der Waals surface area (Å²) in [4.78, 5) is 26.4. The summed E-state index contributed by atoms with van der Waals surface area (Å²) in [6, 6.07) is 20.5. The van der Waals surface area contributed by atoms with Crippen LogP contribution < -0.4 is 15.1 Å². The number of hydrogen-bond donors (Lipinski definition) is 3. The molecular formula is C30H23F2N3O5. The maximum atomic E-state index is 13.6. The topological polar surface area (TPSA) is 111 Å². The van der Waals surface area contributed by atoms with Crippen molar-refractivity contribution in [3.63, 3.8) is 0 Å². The van der Waals surface area contributed by atoms with Crippen molar-refractivity contribution in [2.45, 2.75) is 20.5 Å². The number of rotatable bonds is 7. The van der Waals surface area contributed by atoms with E-state index in [1.165, 1.54) is 35.2 Å². The van der Waals surface area contributed by atoms with Crippen molar-refractivity contribution in [3.8, 4) is 22.6 Å². The highest BCUT2D eigenvalue weighted by molar-refractivity contribution is 6.55. The SMILES string of the molecule is Cc1ccc(N2C(=O)/C(=N\Nc3cccc(-c4cccc(C(=O)O)c4)c3O)c3ccc(OC(F)F)cc32)cc1C. The number of phenols is 1. The van der Waals surface area contributed by atoms with Crippen molar-refractivity contribution in [1.29, 1.82) is 0 Å². The van der Waals surface area contributed by atoms with E-state index in [2.05, 4.69) is 15.3 Å². The molecule has 1 aliphatic heterocycles. The van der Waals surface area contributed by atoms with Crippen molar-refractivity contribution < 1.29 is 33.3 Å². The highest BCUT2D eigenvalue weighted by Gasteiger charge is 2.36. The first-order valence-electron chi connectivity index (χ1n) is 12.1. The lowest BCUT2D eigenvalue weighted by Gasteiger charge is -2.19. The predicted molar refractivity (Wildman–Crippen MR) is 147 cm³/mol. The molecule has 1 heterocycles. The highest BCUT2D eigenvalue weighted by atomic mass is 19.3. The molecule has 4 aromatic carbocycles. The summed E-state index contributed by atoms with van der Waals surface area (Å²) in [6.07, 6.45) is 0. The molecule has 1 amide bonds. The van der Waals surface area contributed by atoms with E-state index < -0.39 is 18.5 Å². The van der Waals surface area contributed by atoms with Gasteiger partial charge in [0.1, 0.15) is 11.5 Å². The highest BCUT2D eigenvalue weighted by Crippen LogP contribution is 2.40. The number of nitrogens with zero attached hydrogens (tertiary/aromatic N) is 2. The third-order valence-corrected chi connectivity index (χ3v) is 6.59. The molecule has 3 N–H and O–H groups in total. The molecule has 0 radical (unpaired) electrons. The minimum absolute atomic E-state index is 0.00509. The molecule has 8 nitrogen and oxygen atoms in total. The Morgan fingerprint density at radius 3 is 2.45 bits per heavy atom. The zero-order valence-electron chi connectivity index (χ0n) is 21.4. The van der Waals surface area contributed by atoms with Crippen molar-refractivity contribution in [2.75, 3.05) is 10.3 Å². The number of phenolic OH excluding ortho intramolecular Hbond substituents is 1. The van der Waals surface area contributed by atoms with E-state index >= 15 is 0 Å². The lowest BCUT2D eigenvalue weighted by molar-refractivity contribution is -0.111. The van der Waals surface area contributed by atoms with Gasteiger partial charge in [-0.15, -0.1) is 0 Å². The number of carbonyl (C=O) groups is 2. The molecule has 1 aliphatic rings. The molecule has 5 rings (SSSR count). The number of nitrogens with one attached hydrogen (secondary N) is 1. The molecule has 0 unspecified atom stereocenters. The number of ether oxygens (including phenoxy) is 1. The van der Waals surface area contributed by atoms with Gasteiger partial charge in [-0.2, -0.15) is 13.9 Å². The second kappa shape index (κ2) is 10.5. The quantitative estimate of drug-likeness (QED) is 0.182. The number of para-hydroxylation sites is 1. The Kier molecular flexibility index (Phi) is 6.91. The number of halogens is 2. The normalized spacial score (nSPS) is 13.6. The second-order valence-corrected chi connectivity index (χ2v) is 9.13. The number of carbonyl (C=O) groups excluding carboxylic acids is 1. The van der Waals surface area contributed by atoms with E-state index in [1.54, 1.807) is 36.4 Å². The van der Waals surface area contributed by atoms with E-state index in [1.807, 2.05) is 26.0 Å². The smallest absolute Gasteiger partial charge is 0.387 e.